The number of nitriles is 1. The smallest absolute Gasteiger partial charge is 0.0991 e. The predicted molar refractivity (Wildman–Crippen MR) is 72.5 cm³/mol. The Balaban J connectivity index is 1.56. The Kier molecular flexibility index (Phi) is 3.21. The molecule has 0 bridgehead atoms. The number of hydrogen-bond donors (Lipinski definition) is 0. The van der Waals surface area contributed by atoms with Crippen LogP contribution in [0.5, 0.6) is 0 Å². The normalized spacial score (nSPS) is 20.7. The lowest BCUT2D eigenvalue weighted by molar-refractivity contribution is 0.248. The summed E-state index contributed by atoms with van der Waals surface area (Å²) in [6.07, 6.45) is 2.88. The second-order valence-electron chi connectivity index (χ2n) is 5.39. The Hall–Kier alpha value is -1.53. The molecule has 0 spiro atoms. The molecule has 1 aromatic rings. The molecule has 2 fully saturated rings. The summed E-state index contributed by atoms with van der Waals surface area (Å²) in [5.41, 5.74) is 1.99. The first-order chi connectivity index (χ1) is 8.85. The van der Waals surface area contributed by atoms with Gasteiger partial charge in [-0.15, -0.1) is 0 Å². The molecule has 1 aliphatic heterocycles. The zero-order chi connectivity index (χ0) is 12.4. The molecule has 0 amide bonds. The Morgan fingerprint density at radius 2 is 1.72 bits per heavy atom. The Morgan fingerprint density at radius 1 is 1.06 bits per heavy atom. The van der Waals surface area contributed by atoms with Gasteiger partial charge in [-0.05, 0) is 43.0 Å². The number of anilines is 1. The summed E-state index contributed by atoms with van der Waals surface area (Å²) in [6.45, 7) is 5.88. The third-order valence-electron chi connectivity index (χ3n) is 3.95. The first-order valence-electron chi connectivity index (χ1n) is 6.82. The molecule has 18 heavy (non-hydrogen) atoms. The lowest BCUT2D eigenvalue weighted by Crippen LogP contribution is -2.47. The molecule has 1 saturated heterocycles. The van der Waals surface area contributed by atoms with Crippen LogP contribution in [0.15, 0.2) is 24.3 Å². The van der Waals surface area contributed by atoms with E-state index < -0.39 is 0 Å². The largest absolute Gasteiger partial charge is 0.369 e. The van der Waals surface area contributed by atoms with Crippen molar-refractivity contribution in [2.45, 2.75) is 12.8 Å². The molecule has 3 heteroatoms. The van der Waals surface area contributed by atoms with Gasteiger partial charge in [-0.2, -0.15) is 5.26 Å². The van der Waals surface area contributed by atoms with Gasteiger partial charge in [0.25, 0.3) is 0 Å². The zero-order valence-electron chi connectivity index (χ0n) is 10.7. The number of nitrogens with zero attached hydrogens (tertiary/aromatic N) is 3. The van der Waals surface area contributed by atoms with E-state index in [0.717, 1.165) is 24.6 Å². The van der Waals surface area contributed by atoms with Gasteiger partial charge in [0.1, 0.15) is 0 Å². The van der Waals surface area contributed by atoms with Crippen molar-refractivity contribution in [2.24, 2.45) is 5.92 Å². The Bertz CT molecular complexity index is 434. The highest BCUT2D eigenvalue weighted by Crippen LogP contribution is 2.30. The fourth-order valence-corrected chi connectivity index (χ4v) is 2.60. The number of piperazine rings is 1. The summed E-state index contributed by atoms with van der Waals surface area (Å²) in [7, 11) is 0. The molecule has 3 nitrogen and oxygen atoms in total. The van der Waals surface area contributed by atoms with E-state index in [9.17, 15) is 0 Å². The van der Waals surface area contributed by atoms with Crippen molar-refractivity contribution in [3.63, 3.8) is 0 Å². The average Bonchev–Trinajstić information content (AvgIpc) is 3.24. The van der Waals surface area contributed by atoms with Crippen LogP contribution in [0.3, 0.4) is 0 Å². The van der Waals surface area contributed by atoms with Crippen molar-refractivity contribution in [1.82, 2.24) is 4.90 Å². The van der Waals surface area contributed by atoms with Crippen LogP contribution in [0.25, 0.3) is 0 Å². The molecule has 0 unspecified atom stereocenters. The molecular formula is C15H19N3. The van der Waals surface area contributed by atoms with Gasteiger partial charge >= 0.3 is 0 Å². The lowest BCUT2D eigenvalue weighted by atomic mass is 10.2. The summed E-state index contributed by atoms with van der Waals surface area (Å²) in [5, 5.41) is 8.79. The fraction of sp³-hybridized carbons (Fsp3) is 0.533. The summed E-state index contributed by atoms with van der Waals surface area (Å²) in [4.78, 5) is 5.02. The topological polar surface area (TPSA) is 30.3 Å². The molecule has 2 aliphatic rings. The number of benzene rings is 1. The van der Waals surface area contributed by atoms with Crippen molar-refractivity contribution < 1.29 is 0 Å². The van der Waals surface area contributed by atoms with E-state index in [2.05, 4.69) is 28.0 Å². The minimum absolute atomic E-state index is 0.742. The maximum absolute atomic E-state index is 8.79. The van der Waals surface area contributed by atoms with Crippen molar-refractivity contribution in [3.8, 4) is 6.07 Å². The predicted octanol–water partition coefficient (Wildman–Crippen LogP) is 2.09. The highest BCUT2D eigenvalue weighted by atomic mass is 15.3. The second-order valence-corrected chi connectivity index (χ2v) is 5.39. The monoisotopic (exact) mass is 241 g/mol. The van der Waals surface area contributed by atoms with E-state index >= 15 is 0 Å². The molecule has 1 saturated carbocycles. The van der Waals surface area contributed by atoms with Gasteiger partial charge in [0.05, 0.1) is 11.6 Å². The maximum atomic E-state index is 8.79. The Morgan fingerprint density at radius 3 is 2.28 bits per heavy atom. The van der Waals surface area contributed by atoms with Crippen LogP contribution >= 0.6 is 0 Å². The van der Waals surface area contributed by atoms with E-state index in [-0.39, 0.29) is 0 Å². The minimum atomic E-state index is 0.742. The van der Waals surface area contributed by atoms with Gasteiger partial charge in [0, 0.05) is 38.4 Å². The van der Waals surface area contributed by atoms with Gasteiger partial charge in [0.15, 0.2) is 0 Å². The van der Waals surface area contributed by atoms with E-state index in [1.54, 1.807) is 0 Å². The third-order valence-corrected chi connectivity index (χ3v) is 3.95. The molecule has 0 N–H and O–H groups in total. The van der Waals surface area contributed by atoms with E-state index in [1.807, 2.05) is 12.1 Å². The molecular weight excluding hydrogens is 222 g/mol. The lowest BCUT2D eigenvalue weighted by Gasteiger charge is -2.36. The van der Waals surface area contributed by atoms with Crippen molar-refractivity contribution in [3.05, 3.63) is 29.8 Å². The molecule has 0 radical (unpaired) electrons. The van der Waals surface area contributed by atoms with Gasteiger partial charge in [-0.25, -0.2) is 0 Å². The van der Waals surface area contributed by atoms with Crippen molar-refractivity contribution in [2.75, 3.05) is 37.6 Å². The minimum Gasteiger partial charge on any atom is -0.369 e. The van der Waals surface area contributed by atoms with Crippen molar-refractivity contribution >= 4 is 5.69 Å². The molecule has 0 atom stereocenters. The van der Waals surface area contributed by atoms with Crippen molar-refractivity contribution in [1.29, 1.82) is 5.26 Å². The van der Waals surface area contributed by atoms with Gasteiger partial charge in [0.2, 0.25) is 0 Å². The summed E-state index contributed by atoms with van der Waals surface area (Å²) < 4.78 is 0. The highest BCUT2D eigenvalue weighted by Gasteiger charge is 2.26. The SMILES string of the molecule is N#Cc1ccc(N2CCN(CC3CC3)CC2)cc1. The highest BCUT2D eigenvalue weighted by molar-refractivity contribution is 5.50. The van der Waals surface area contributed by atoms with Crippen LogP contribution < -0.4 is 4.90 Å². The standard InChI is InChI=1S/C15H19N3/c16-11-13-3-5-15(6-4-13)18-9-7-17(8-10-18)12-14-1-2-14/h3-6,14H,1-2,7-10,12H2. The zero-order valence-corrected chi connectivity index (χ0v) is 10.7. The average molecular weight is 241 g/mol. The van der Waals surface area contributed by atoms with Crippen LogP contribution in [-0.4, -0.2) is 37.6 Å². The quantitative estimate of drug-likeness (QED) is 0.811. The molecule has 1 heterocycles. The van der Waals surface area contributed by atoms with Gasteiger partial charge in [-0.3, -0.25) is 4.90 Å². The van der Waals surface area contributed by atoms with Crippen LogP contribution in [0.2, 0.25) is 0 Å². The molecule has 0 aromatic heterocycles. The van der Waals surface area contributed by atoms with Crippen LogP contribution in [-0.2, 0) is 0 Å². The number of rotatable bonds is 3. The number of hydrogen-bond acceptors (Lipinski definition) is 3. The summed E-state index contributed by atoms with van der Waals surface area (Å²) in [6, 6.07) is 10.1. The van der Waals surface area contributed by atoms with E-state index in [4.69, 9.17) is 5.26 Å². The summed E-state index contributed by atoms with van der Waals surface area (Å²) >= 11 is 0. The van der Waals surface area contributed by atoms with E-state index in [0.29, 0.717) is 0 Å². The molecule has 1 aromatic carbocycles. The first kappa shape index (κ1) is 11.6. The van der Waals surface area contributed by atoms with E-state index in [1.165, 1.54) is 38.2 Å². The molecule has 3 rings (SSSR count). The van der Waals surface area contributed by atoms with Crippen LogP contribution in [0, 0.1) is 17.2 Å². The van der Waals surface area contributed by atoms with Gasteiger partial charge < -0.3 is 4.90 Å². The van der Waals surface area contributed by atoms with Crippen LogP contribution in [0.4, 0.5) is 5.69 Å². The molecule has 1 aliphatic carbocycles. The Labute approximate surface area is 109 Å². The molecule has 94 valence electrons. The van der Waals surface area contributed by atoms with Crippen LogP contribution in [0.1, 0.15) is 18.4 Å². The first-order valence-corrected chi connectivity index (χ1v) is 6.82. The fourth-order valence-electron chi connectivity index (χ4n) is 2.60. The second kappa shape index (κ2) is 4.99. The maximum Gasteiger partial charge on any atom is 0.0991 e. The summed E-state index contributed by atoms with van der Waals surface area (Å²) in [5.74, 6) is 0.992. The third kappa shape index (κ3) is 2.65. The van der Waals surface area contributed by atoms with Gasteiger partial charge in [-0.1, -0.05) is 0 Å².